The molecule has 0 heterocycles. The summed E-state index contributed by atoms with van der Waals surface area (Å²) in [5, 5.41) is 5.57. The third kappa shape index (κ3) is 16.3. The van der Waals surface area contributed by atoms with Crippen LogP contribution in [0.15, 0.2) is 0 Å². The van der Waals surface area contributed by atoms with Gasteiger partial charge in [0.2, 0.25) is 11.8 Å². The first-order valence-corrected chi connectivity index (χ1v) is 9.62. The van der Waals surface area contributed by atoms with Crippen LogP contribution in [0.5, 0.6) is 0 Å². The lowest BCUT2D eigenvalue weighted by Gasteiger charge is -2.21. The molecule has 0 atom stereocenters. The molecule has 0 aliphatic heterocycles. The van der Waals surface area contributed by atoms with E-state index in [4.69, 9.17) is 14.2 Å². The molecule has 0 unspecified atom stereocenters. The van der Waals surface area contributed by atoms with Crippen LogP contribution >= 0.6 is 0 Å². The Morgan fingerprint density at radius 2 is 1.27 bits per heavy atom. The Morgan fingerprint density at radius 1 is 0.731 bits per heavy atom. The van der Waals surface area contributed by atoms with E-state index in [0.717, 1.165) is 19.4 Å². The number of likely N-dealkylation sites (N-methyl/N-ethyl adjacent to an activating group) is 1. The largest absolute Gasteiger partial charge is 0.379 e. The van der Waals surface area contributed by atoms with E-state index in [9.17, 15) is 9.59 Å². The lowest BCUT2D eigenvalue weighted by atomic mass is 10.4. The van der Waals surface area contributed by atoms with Gasteiger partial charge in [-0.25, -0.2) is 0 Å². The van der Waals surface area contributed by atoms with Gasteiger partial charge in [0.05, 0.1) is 46.1 Å². The molecule has 0 fully saturated rings. The summed E-state index contributed by atoms with van der Waals surface area (Å²) in [6.45, 7) is 11.4. The van der Waals surface area contributed by atoms with Crippen molar-refractivity contribution in [3.05, 3.63) is 0 Å². The predicted octanol–water partition coefficient (Wildman–Crippen LogP) is 0.411. The van der Waals surface area contributed by atoms with Crippen LogP contribution in [0.3, 0.4) is 0 Å². The fourth-order valence-corrected chi connectivity index (χ4v) is 2.07. The van der Waals surface area contributed by atoms with Crippen LogP contribution in [0.4, 0.5) is 0 Å². The molecule has 8 heteroatoms. The van der Waals surface area contributed by atoms with E-state index in [1.54, 1.807) is 4.90 Å². The minimum absolute atomic E-state index is 0.0773. The quantitative estimate of drug-likeness (QED) is 0.337. The average molecular weight is 376 g/mol. The zero-order chi connectivity index (χ0) is 19.5. The van der Waals surface area contributed by atoms with Gasteiger partial charge in [0.15, 0.2) is 0 Å². The monoisotopic (exact) mass is 375 g/mol. The number of nitrogens with zero attached hydrogens (tertiary/aromatic N) is 1. The Morgan fingerprint density at radius 3 is 1.81 bits per heavy atom. The van der Waals surface area contributed by atoms with E-state index in [0.29, 0.717) is 52.7 Å². The van der Waals surface area contributed by atoms with Crippen molar-refractivity contribution >= 4 is 11.8 Å². The van der Waals surface area contributed by atoms with Gasteiger partial charge in [0.1, 0.15) is 0 Å². The van der Waals surface area contributed by atoms with Crippen molar-refractivity contribution in [2.45, 2.75) is 33.6 Å². The molecular formula is C18H37N3O5. The maximum absolute atomic E-state index is 11.9. The Hall–Kier alpha value is -1.22. The van der Waals surface area contributed by atoms with Crippen LogP contribution in [-0.2, 0) is 23.8 Å². The number of rotatable bonds is 18. The second-order valence-corrected chi connectivity index (χ2v) is 5.85. The number of carbonyl (C=O) groups excluding carboxylic acids is 2. The van der Waals surface area contributed by atoms with Gasteiger partial charge in [-0.1, -0.05) is 13.8 Å². The van der Waals surface area contributed by atoms with E-state index in [1.807, 2.05) is 13.8 Å². The molecule has 2 amide bonds. The second-order valence-electron chi connectivity index (χ2n) is 5.85. The van der Waals surface area contributed by atoms with Gasteiger partial charge in [-0.05, 0) is 19.8 Å². The summed E-state index contributed by atoms with van der Waals surface area (Å²) in [5.74, 6) is -0.169. The highest BCUT2D eigenvalue weighted by Crippen LogP contribution is 1.91. The number of hydrogen-bond acceptors (Lipinski definition) is 6. The average Bonchev–Trinajstić information content (AvgIpc) is 2.61. The lowest BCUT2D eigenvalue weighted by Crippen LogP contribution is -2.44. The van der Waals surface area contributed by atoms with Crippen molar-refractivity contribution in [1.82, 2.24) is 15.5 Å². The molecule has 0 aromatic rings. The van der Waals surface area contributed by atoms with E-state index in [-0.39, 0.29) is 24.9 Å². The van der Waals surface area contributed by atoms with Gasteiger partial charge >= 0.3 is 0 Å². The van der Waals surface area contributed by atoms with Gasteiger partial charge in [-0.3, -0.25) is 14.5 Å². The van der Waals surface area contributed by atoms with Crippen LogP contribution in [0.2, 0.25) is 0 Å². The van der Waals surface area contributed by atoms with E-state index >= 15 is 0 Å². The normalized spacial score (nSPS) is 10.9. The van der Waals surface area contributed by atoms with Crippen molar-refractivity contribution in [3.8, 4) is 0 Å². The first kappa shape index (κ1) is 24.8. The molecular weight excluding hydrogens is 338 g/mol. The predicted molar refractivity (Wildman–Crippen MR) is 101 cm³/mol. The number of carbonyl (C=O) groups is 2. The van der Waals surface area contributed by atoms with Crippen molar-refractivity contribution < 1.29 is 23.8 Å². The Bertz CT molecular complexity index is 356. The van der Waals surface area contributed by atoms with Gasteiger partial charge in [0, 0.05) is 26.2 Å². The van der Waals surface area contributed by atoms with E-state index < -0.39 is 0 Å². The van der Waals surface area contributed by atoms with Crippen LogP contribution in [0.1, 0.15) is 33.6 Å². The minimum Gasteiger partial charge on any atom is -0.379 e. The summed E-state index contributed by atoms with van der Waals surface area (Å²) in [5.41, 5.74) is 0. The number of ether oxygens (including phenoxy) is 3. The molecule has 0 aromatic carbocycles. The minimum atomic E-state index is -0.0915. The number of amides is 2. The van der Waals surface area contributed by atoms with Gasteiger partial charge in [0.25, 0.3) is 0 Å². The molecule has 0 radical (unpaired) electrons. The Labute approximate surface area is 157 Å². The fraction of sp³-hybridized carbons (Fsp3) is 0.889. The molecule has 0 aliphatic carbocycles. The van der Waals surface area contributed by atoms with E-state index in [2.05, 4.69) is 17.6 Å². The summed E-state index contributed by atoms with van der Waals surface area (Å²) < 4.78 is 16.2. The van der Waals surface area contributed by atoms with Crippen molar-refractivity contribution in [2.24, 2.45) is 0 Å². The standard InChI is InChI=1S/C18H37N3O5/c1-4-7-20-18(23)16-21(15-17(22)19-6-3)8-10-25-12-14-26-13-11-24-9-5-2/h4-16H2,1-3H3,(H,19,22)(H,20,23). The Kier molecular flexibility index (Phi) is 17.7. The molecule has 0 spiro atoms. The maximum Gasteiger partial charge on any atom is 0.234 e. The molecule has 0 saturated heterocycles. The fourth-order valence-electron chi connectivity index (χ4n) is 2.07. The van der Waals surface area contributed by atoms with E-state index in [1.165, 1.54) is 0 Å². The second kappa shape index (κ2) is 18.6. The summed E-state index contributed by atoms with van der Waals surface area (Å²) in [7, 11) is 0. The topological polar surface area (TPSA) is 89.1 Å². The van der Waals surface area contributed by atoms with Gasteiger partial charge in [-0.15, -0.1) is 0 Å². The highest BCUT2D eigenvalue weighted by Gasteiger charge is 2.13. The van der Waals surface area contributed by atoms with Crippen LogP contribution < -0.4 is 10.6 Å². The molecule has 2 N–H and O–H groups in total. The summed E-state index contributed by atoms with van der Waals surface area (Å²) in [6.07, 6.45) is 1.89. The Balaban J connectivity index is 3.91. The number of nitrogens with one attached hydrogen (secondary N) is 2. The number of hydrogen-bond donors (Lipinski definition) is 2. The molecule has 0 rings (SSSR count). The highest BCUT2D eigenvalue weighted by atomic mass is 16.5. The summed E-state index contributed by atoms with van der Waals surface area (Å²) in [6, 6.07) is 0. The van der Waals surface area contributed by atoms with Crippen molar-refractivity contribution in [3.63, 3.8) is 0 Å². The zero-order valence-corrected chi connectivity index (χ0v) is 16.7. The lowest BCUT2D eigenvalue weighted by molar-refractivity contribution is -0.125. The maximum atomic E-state index is 11.9. The molecule has 0 bridgehead atoms. The third-order valence-electron chi connectivity index (χ3n) is 3.32. The van der Waals surface area contributed by atoms with Gasteiger partial charge < -0.3 is 24.8 Å². The molecule has 0 aromatic heterocycles. The van der Waals surface area contributed by atoms with Crippen molar-refractivity contribution in [1.29, 1.82) is 0 Å². The zero-order valence-electron chi connectivity index (χ0n) is 16.7. The first-order valence-electron chi connectivity index (χ1n) is 9.62. The molecule has 26 heavy (non-hydrogen) atoms. The summed E-state index contributed by atoms with van der Waals surface area (Å²) in [4.78, 5) is 25.4. The first-order chi connectivity index (χ1) is 12.6. The van der Waals surface area contributed by atoms with Crippen LogP contribution in [-0.4, -0.2) is 89.1 Å². The van der Waals surface area contributed by atoms with Crippen molar-refractivity contribution in [2.75, 3.05) is 72.4 Å². The molecule has 0 aliphatic rings. The molecule has 0 saturated carbocycles. The highest BCUT2D eigenvalue weighted by molar-refractivity contribution is 5.81. The van der Waals surface area contributed by atoms with Gasteiger partial charge in [-0.2, -0.15) is 0 Å². The van der Waals surface area contributed by atoms with Crippen LogP contribution in [0, 0.1) is 0 Å². The summed E-state index contributed by atoms with van der Waals surface area (Å²) >= 11 is 0. The SMILES string of the molecule is CCCNC(=O)CN(CCOCCOCCOCCC)CC(=O)NCC. The third-order valence-corrected chi connectivity index (χ3v) is 3.32. The molecule has 8 nitrogen and oxygen atoms in total. The van der Waals surface area contributed by atoms with Crippen LogP contribution in [0.25, 0.3) is 0 Å². The molecule has 154 valence electrons. The smallest absolute Gasteiger partial charge is 0.234 e.